The molecule has 0 aliphatic carbocycles. The minimum absolute atomic E-state index is 0.0707. The van der Waals surface area contributed by atoms with Gasteiger partial charge in [-0.1, -0.05) is 6.92 Å². The zero-order chi connectivity index (χ0) is 15.5. The molecule has 0 amide bonds. The fraction of sp³-hybridized carbons (Fsp3) is 0.333. The molecular formula is C12H14O8. The van der Waals surface area contributed by atoms with Gasteiger partial charge in [-0.25, -0.2) is 19.2 Å². The van der Waals surface area contributed by atoms with Crippen LogP contribution >= 0.6 is 0 Å². The summed E-state index contributed by atoms with van der Waals surface area (Å²) < 4.78 is 9.38. The number of hydrogen-bond acceptors (Lipinski definition) is 6. The number of aliphatic carboxylic acids is 2. The fourth-order valence-electron chi connectivity index (χ4n) is 0.872. The van der Waals surface area contributed by atoms with Crippen molar-refractivity contribution >= 4 is 23.9 Å². The smallest absolute Gasteiger partial charge is 0.331 e. The molecule has 0 bridgehead atoms. The van der Waals surface area contributed by atoms with Crippen LogP contribution in [0.15, 0.2) is 24.3 Å². The standard InChI is InChI=1S/C12H14O8/c1-8(6-19-11(17)4-2-9(13)14)7-20-12(18)5-3-10(15)16/h2-5,8H,6-7H2,1H3,(H,13,14)(H,15,16). The van der Waals surface area contributed by atoms with Crippen LogP contribution in [0, 0.1) is 5.92 Å². The van der Waals surface area contributed by atoms with Crippen molar-refractivity contribution in [3.63, 3.8) is 0 Å². The number of ether oxygens (including phenoxy) is 2. The fourth-order valence-corrected chi connectivity index (χ4v) is 0.872. The van der Waals surface area contributed by atoms with Gasteiger partial charge in [-0.05, 0) is 0 Å². The number of hydrogen-bond donors (Lipinski definition) is 2. The van der Waals surface area contributed by atoms with Crippen molar-refractivity contribution in [1.82, 2.24) is 0 Å². The van der Waals surface area contributed by atoms with Gasteiger partial charge < -0.3 is 19.7 Å². The van der Waals surface area contributed by atoms with Crippen molar-refractivity contribution < 1.29 is 38.9 Å². The van der Waals surface area contributed by atoms with Gasteiger partial charge in [0.05, 0.1) is 13.2 Å². The first-order valence-electron chi connectivity index (χ1n) is 5.46. The quantitative estimate of drug-likeness (QED) is 0.471. The average Bonchev–Trinajstić information content (AvgIpc) is 2.37. The zero-order valence-electron chi connectivity index (χ0n) is 10.6. The van der Waals surface area contributed by atoms with E-state index < -0.39 is 23.9 Å². The van der Waals surface area contributed by atoms with Crippen LogP contribution in [0.5, 0.6) is 0 Å². The first-order chi connectivity index (χ1) is 9.31. The summed E-state index contributed by atoms with van der Waals surface area (Å²) in [6.45, 7) is 1.49. The molecule has 0 saturated heterocycles. The third-order valence-electron chi connectivity index (χ3n) is 1.74. The Bertz CT molecular complexity index is 395. The molecule has 0 saturated carbocycles. The van der Waals surface area contributed by atoms with Crippen LogP contribution in [-0.4, -0.2) is 47.3 Å². The molecule has 0 fully saturated rings. The number of esters is 2. The summed E-state index contributed by atoms with van der Waals surface area (Å²) in [5.74, 6) is -4.50. The monoisotopic (exact) mass is 286 g/mol. The second-order valence-corrected chi connectivity index (χ2v) is 3.71. The van der Waals surface area contributed by atoms with Crippen LogP contribution in [0.3, 0.4) is 0 Å². The van der Waals surface area contributed by atoms with Crippen LogP contribution in [0.2, 0.25) is 0 Å². The van der Waals surface area contributed by atoms with Gasteiger partial charge in [0.25, 0.3) is 0 Å². The minimum atomic E-state index is -1.27. The Balaban J connectivity index is 3.92. The van der Waals surface area contributed by atoms with E-state index in [0.717, 1.165) is 12.2 Å². The highest BCUT2D eigenvalue weighted by Gasteiger charge is 2.08. The maximum atomic E-state index is 11.0. The van der Waals surface area contributed by atoms with E-state index in [1.54, 1.807) is 6.92 Å². The lowest BCUT2D eigenvalue weighted by Gasteiger charge is -2.10. The van der Waals surface area contributed by atoms with E-state index >= 15 is 0 Å². The largest absolute Gasteiger partial charge is 0.478 e. The van der Waals surface area contributed by atoms with Gasteiger partial charge in [0.15, 0.2) is 0 Å². The molecule has 110 valence electrons. The lowest BCUT2D eigenvalue weighted by molar-refractivity contribution is -0.143. The summed E-state index contributed by atoms with van der Waals surface area (Å²) in [5.41, 5.74) is 0. The van der Waals surface area contributed by atoms with Gasteiger partial charge in [-0.15, -0.1) is 0 Å². The van der Waals surface area contributed by atoms with Crippen molar-refractivity contribution in [2.24, 2.45) is 5.92 Å². The molecule has 0 rings (SSSR count). The summed E-state index contributed by atoms with van der Waals surface area (Å²) in [5, 5.41) is 16.5. The van der Waals surface area contributed by atoms with Crippen LogP contribution in [0.25, 0.3) is 0 Å². The highest BCUT2D eigenvalue weighted by Crippen LogP contribution is 1.99. The predicted octanol–water partition coefficient (Wildman–Crippen LogP) is -0.00950. The number of carbonyl (C=O) groups is 4. The molecule has 20 heavy (non-hydrogen) atoms. The van der Waals surface area contributed by atoms with Gasteiger partial charge in [-0.2, -0.15) is 0 Å². The maximum Gasteiger partial charge on any atom is 0.331 e. The molecule has 0 unspecified atom stereocenters. The van der Waals surface area contributed by atoms with E-state index in [1.807, 2.05) is 0 Å². The van der Waals surface area contributed by atoms with Crippen molar-refractivity contribution in [2.75, 3.05) is 13.2 Å². The molecule has 2 N–H and O–H groups in total. The summed E-state index contributed by atoms with van der Waals surface area (Å²) >= 11 is 0. The Kier molecular flexibility index (Phi) is 8.08. The molecule has 0 spiro atoms. The topological polar surface area (TPSA) is 127 Å². The molecule has 0 aromatic rings. The van der Waals surface area contributed by atoms with E-state index in [2.05, 4.69) is 0 Å². The Hall–Kier alpha value is -2.64. The van der Waals surface area contributed by atoms with Crippen molar-refractivity contribution in [1.29, 1.82) is 0 Å². The Labute approximate surface area is 114 Å². The predicted molar refractivity (Wildman–Crippen MR) is 64.6 cm³/mol. The second kappa shape index (κ2) is 9.31. The third kappa shape index (κ3) is 10.5. The van der Waals surface area contributed by atoms with Crippen LogP contribution in [0.1, 0.15) is 6.92 Å². The number of carbonyl (C=O) groups excluding carboxylic acids is 2. The number of rotatable bonds is 8. The molecule has 0 aromatic heterocycles. The minimum Gasteiger partial charge on any atom is -0.478 e. The number of carboxylic acid groups (broad SMARTS) is 2. The Morgan fingerprint density at radius 2 is 1.20 bits per heavy atom. The zero-order valence-corrected chi connectivity index (χ0v) is 10.6. The van der Waals surface area contributed by atoms with E-state index in [1.165, 1.54) is 0 Å². The van der Waals surface area contributed by atoms with Crippen LogP contribution < -0.4 is 0 Å². The van der Waals surface area contributed by atoms with Crippen molar-refractivity contribution in [3.8, 4) is 0 Å². The van der Waals surface area contributed by atoms with Crippen LogP contribution in [-0.2, 0) is 28.7 Å². The van der Waals surface area contributed by atoms with E-state index in [4.69, 9.17) is 19.7 Å². The van der Waals surface area contributed by atoms with E-state index in [9.17, 15) is 19.2 Å². The van der Waals surface area contributed by atoms with Gasteiger partial charge in [0, 0.05) is 30.2 Å². The van der Waals surface area contributed by atoms with Crippen molar-refractivity contribution in [3.05, 3.63) is 24.3 Å². The highest BCUT2D eigenvalue weighted by molar-refractivity contribution is 5.91. The lowest BCUT2D eigenvalue weighted by Crippen LogP contribution is -2.17. The molecular weight excluding hydrogens is 272 g/mol. The molecule has 0 aliphatic rings. The van der Waals surface area contributed by atoms with Gasteiger partial charge in [0.1, 0.15) is 0 Å². The Morgan fingerprint density at radius 1 is 0.850 bits per heavy atom. The molecule has 0 heterocycles. The van der Waals surface area contributed by atoms with Gasteiger partial charge >= 0.3 is 23.9 Å². The summed E-state index contributed by atoms with van der Waals surface area (Å²) in [6, 6.07) is 0. The first-order valence-corrected chi connectivity index (χ1v) is 5.46. The first kappa shape index (κ1) is 17.4. The van der Waals surface area contributed by atoms with Crippen LogP contribution in [0.4, 0.5) is 0 Å². The molecule has 8 heteroatoms. The van der Waals surface area contributed by atoms with Crippen molar-refractivity contribution in [2.45, 2.75) is 6.92 Å². The molecule has 0 aromatic carbocycles. The van der Waals surface area contributed by atoms with E-state index in [0.29, 0.717) is 12.2 Å². The maximum absolute atomic E-state index is 11.0. The average molecular weight is 286 g/mol. The van der Waals surface area contributed by atoms with Gasteiger partial charge in [0.2, 0.25) is 0 Å². The summed E-state index contributed by atoms with van der Waals surface area (Å²) in [6.07, 6.45) is 2.81. The SMILES string of the molecule is CC(COC(=O)C=CC(=O)O)COC(=O)C=CC(=O)O. The summed E-state index contributed by atoms with van der Waals surface area (Å²) in [7, 11) is 0. The molecule has 0 aliphatic heterocycles. The third-order valence-corrected chi connectivity index (χ3v) is 1.74. The van der Waals surface area contributed by atoms with E-state index in [-0.39, 0.29) is 19.1 Å². The second-order valence-electron chi connectivity index (χ2n) is 3.71. The molecule has 8 nitrogen and oxygen atoms in total. The van der Waals surface area contributed by atoms with Gasteiger partial charge in [-0.3, -0.25) is 0 Å². The Morgan fingerprint density at radius 3 is 1.50 bits per heavy atom. The molecule has 0 atom stereocenters. The lowest BCUT2D eigenvalue weighted by atomic mass is 10.2. The molecule has 0 radical (unpaired) electrons. The number of carboxylic acids is 2. The summed E-state index contributed by atoms with van der Waals surface area (Å²) in [4.78, 5) is 42.3. The normalized spacial score (nSPS) is 12.2. The highest BCUT2D eigenvalue weighted by atomic mass is 16.5.